The molecule has 0 aliphatic rings. The summed E-state index contributed by atoms with van der Waals surface area (Å²) in [4.78, 5) is 19.5. The first kappa shape index (κ1) is 17.4. The number of hydrogen-bond acceptors (Lipinski definition) is 4. The summed E-state index contributed by atoms with van der Waals surface area (Å²) in [5, 5.41) is 14.3. The number of carbonyl (C=O) groups is 1. The Hall–Kier alpha value is -3.41. The second kappa shape index (κ2) is 8.11. The van der Waals surface area contributed by atoms with Crippen molar-refractivity contribution in [2.75, 3.05) is 11.9 Å². The lowest BCUT2D eigenvalue weighted by Crippen LogP contribution is -2.23. The van der Waals surface area contributed by atoms with E-state index in [9.17, 15) is 4.79 Å². The summed E-state index contributed by atoms with van der Waals surface area (Å²) < 4.78 is 0. The maximum absolute atomic E-state index is 10.6. The minimum atomic E-state index is -1.01. The Bertz CT molecular complexity index is 912. The van der Waals surface area contributed by atoms with Gasteiger partial charge in [0.25, 0.3) is 0 Å². The Morgan fingerprint density at radius 2 is 1.92 bits per heavy atom. The topological polar surface area (TPSA) is 87.1 Å². The summed E-state index contributed by atoms with van der Waals surface area (Å²) in [6, 6.07) is 17.6. The van der Waals surface area contributed by atoms with E-state index in [1.807, 2.05) is 61.5 Å². The molecule has 1 amide bonds. The van der Waals surface area contributed by atoms with E-state index in [1.165, 1.54) is 0 Å². The van der Waals surface area contributed by atoms with Crippen molar-refractivity contribution in [1.82, 2.24) is 15.3 Å². The van der Waals surface area contributed by atoms with Gasteiger partial charge in [0.2, 0.25) is 0 Å². The summed E-state index contributed by atoms with van der Waals surface area (Å²) in [7, 11) is 0. The van der Waals surface area contributed by atoms with Gasteiger partial charge in [-0.15, -0.1) is 0 Å². The number of amides is 1. The molecule has 0 bridgehead atoms. The molecule has 1 aromatic carbocycles. The number of aromatic nitrogens is 2. The minimum Gasteiger partial charge on any atom is -0.465 e. The quantitative estimate of drug-likeness (QED) is 0.626. The average Bonchev–Trinajstić information content (AvgIpc) is 2.62. The van der Waals surface area contributed by atoms with Crippen molar-refractivity contribution in [3.63, 3.8) is 0 Å². The summed E-state index contributed by atoms with van der Waals surface area (Å²) >= 11 is 0. The van der Waals surface area contributed by atoms with Gasteiger partial charge in [-0.25, -0.2) is 14.8 Å². The molecule has 0 saturated heterocycles. The SMILES string of the molecule is Cc1ccnc(Nc2cccc(-c3cccc(CCNC(=O)O)c3)n2)c1. The van der Waals surface area contributed by atoms with E-state index in [2.05, 4.69) is 20.6 Å². The first-order valence-corrected chi connectivity index (χ1v) is 8.33. The number of carboxylic acid groups (broad SMARTS) is 1. The van der Waals surface area contributed by atoms with Crippen LogP contribution < -0.4 is 10.6 Å². The van der Waals surface area contributed by atoms with Crippen LogP contribution in [0.4, 0.5) is 16.4 Å². The molecule has 0 radical (unpaired) electrons. The molecule has 0 aliphatic heterocycles. The highest BCUT2D eigenvalue weighted by Crippen LogP contribution is 2.22. The van der Waals surface area contributed by atoms with Gasteiger partial charge in [0.05, 0.1) is 5.69 Å². The number of anilines is 2. The summed E-state index contributed by atoms with van der Waals surface area (Å²) in [5.41, 5.74) is 4.01. The molecule has 3 aromatic rings. The molecule has 0 saturated carbocycles. The van der Waals surface area contributed by atoms with Gasteiger partial charge < -0.3 is 15.7 Å². The van der Waals surface area contributed by atoms with Gasteiger partial charge in [-0.3, -0.25) is 0 Å². The van der Waals surface area contributed by atoms with Gasteiger partial charge in [0.15, 0.2) is 0 Å². The fourth-order valence-corrected chi connectivity index (χ4v) is 2.60. The van der Waals surface area contributed by atoms with E-state index in [1.54, 1.807) is 6.20 Å². The van der Waals surface area contributed by atoms with Gasteiger partial charge in [-0.05, 0) is 54.8 Å². The first-order valence-electron chi connectivity index (χ1n) is 8.33. The van der Waals surface area contributed by atoms with Crippen LogP contribution >= 0.6 is 0 Å². The van der Waals surface area contributed by atoms with Gasteiger partial charge in [-0.2, -0.15) is 0 Å². The molecule has 132 valence electrons. The third-order valence-corrected chi connectivity index (χ3v) is 3.83. The zero-order valence-electron chi connectivity index (χ0n) is 14.4. The average molecular weight is 348 g/mol. The predicted octanol–water partition coefficient (Wildman–Crippen LogP) is 4.01. The molecule has 3 N–H and O–H groups in total. The highest BCUT2D eigenvalue weighted by Gasteiger charge is 2.04. The monoisotopic (exact) mass is 348 g/mol. The third-order valence-electron chi connectivity index (χ3n) is 3.83. The fourth-order valence-electron chi connectivity index (χ4n) is 2.60. The van der Waals surface area contributed by atoms with Crippen molar-refractivity contribution in [1.29, 1.82) is 0 Å². The number of nitrogens with zero attached hydrogens (tertiary/aromatic N) is 2. The molecule has 2 aromatic heterocycles. The van der Waals surface area contributed by atoms with E-state index in [0.29, 0.717) is 13.0 Å². The maximum Gasteiger partial charge on any atom is 0.404 e. The van der Waals surface area contributed by atoms with E-state index >= 15 is 0 Å². The molecule has 6 heteroatoms. The van der Waals surface area contributed by atoms with Gasteiger partial charge in [0, 0.05) is 18.3 Å². The first-order chi connectivity index (χ1) is 12.6. The number of aryl methyl sites for hydroxylation is 1. The Morgan fingerprint density at radius 1 is 1.08 bits per heavy atom. The summed E-state index contributed by atoms with van der Waals surface area (Å²) in [6.07, 6.45) is 1.38. The number of hydrogen-bond donors (Lipinski definition) is 3. The predicted molar refractivity (Wildman–Crippen MR) is 102 cm³/mol. The van der Waals surface area contributed by atoms with E-state index in [0.717, 1.165) is 34.0 Å². The van der Waals surface area contributed by atoms with Crippen LogP contribution in [0.25, 0.3) is 11.3 Å². The normalized spacial score (nSPS) is 10.3. The molecule has 3 rings (SSSR count). The van der Waals surface area contributed by atoms with E-state index in [4.69, 9.17) is 5.11 Å². The Labute approximate surface area is 152 Å². The number of rotatable bonds is 6. The molecule has 26 heavy (non-hydrogen) atoms. The van der Waals surface area contributed by atoms with Crippen molar-refractivity contribution in [2.45, 2.75) is 13.3 Å². The van der Waals surface area contributed by atoms with Crippen molar-refractivity contribution in [3.05, 3.63) is 71.9 Å². The Kier molecular flexibility index (Phi) is 5.43. The lowest BCUT2D eigenvalue weighted by Gasteiger charge is -2.09. The number of benzene rings is 1. The molecular weight excluding hydrogens is 328 g/mol. The largest absolute Gasteiger partial charge is 0.465 e. The van der Waals surface area contributed by atoms with Gasteiger partial charge >= 0.3 is 6.09 Å². The van der Waals surface area contributed by atoms with Crippen LogP contribution in [0.15, 0.2) is 60.8 Å². The van der Waals surface area contributed by atoms with Gasteiger partial charge in [-0.1, -0.05) is 24.3 Å². The second-order valence-corrected chi connectivity index (χ2v) is 5.93. The van der Waals surface area contributed by atoms with Crippen molar-refractivity contribution in [3.8, 4) is 11.3 Å². The lowest BCUT2D eigenvalue weighted by atomic mass is 10.1. The third kappa shape index (κ3) is 4.80. The van der Waals surface area contributed by atoms with Crippen molar-refractivity contribution >= 4 is 17.7 Å². The molecule has 0 aliphatic carbocycles. The minimum absolute atomic E-state index is 0.382. The standard InChI is InChI=1S/C20H20N4O2/c1-14-8-10-21-19(12-14)24-18-7-3-6-17(23-18)16-5-2-4-15(13-16)9-11-22-20(25)26/h2-8,10,12-13,22H,9,11H2,1H3,(H,25,26)(H,21,23,24). The molecule has 0 spiro atoms. The van der Waals surface area contributed by atoms with Crippen LogP contribution in [0, 0.1) is 6.92 Å². The Morgan fingerprint density at radius 3 is 2.73 bits per heavy atom. The van der Waals surface area contributed by atoms with Gasteiger partial charge in [0.1, 0.15) is 11.6 Å². The zero-order valence-corrected chi connectivity index (χ0v) is 14.4. The van der Waals surface area contributed by atoms with Crippen molar-refractivity contribution < 1.29 is 9.90 Å². The van der Waals surface area contributed by atoms with Crippen LogP contribution in [0.3, 0.4) is 0 Å². The highest BCUT2D eigenvalue weighted by atomic mass is 16.4. The van der Waals surface area contributed by atoms with Crippen LogP contribution in [-0.4, -0.2) is 27.7 Å². The molecule has 0 unspecified atom stereocenters. The zero-order chi connectivity index (χ0) is 18.4. The lowest BCUT2D eigenvalue weighted by molar-refractivity contribution is 0.194. The fraction of sp³-hybridized carbons (Fsp3) is 0.150. The summed E-state index contributed by atoms with van der Waals surface area (Å²) in [5.74, 6) is 1.47. The van der Waals surface area contributed by atoms with E-state index < -0.39 is 6.09 Å². The van der Waals surface area contributed by atoms with Crippen LogP contribution in [0.2, 0.25) is 0 Å². The maximum atomic E-state index is 10.6. The number of pyridine rings is 2. The molecular formula is C20H20N4O2. The van der Waals surface area contributed by atoms with Crippen LogP contribution in [-0.2, 0) is 6.42 Å². The summed E-state index contributed by atoms with van der Waals surface area (Å²) in [6.45, 7) is 2.40. The highest BCUT2D eigenvalue weighted by molar-refractivity contribution is 5.65. The van der Waals surface area contributed by atoms with Crippen LogP contribution in [0.1, 0.15) is 11.1 Å². The van der Waals surface area contributed by atoms with E-state index in [-0.39, 0.29) is 0 Å². The van der Waals surface area contributed by atoms with Crippen molar-refractivity contribution in [2.24, 2.45) is 0 Å². The molecule has 0 fully saturated rings. The molecule has 0 atom stereocenters. The second-order valence-electron chi connectivity index (χ2n) is 5.93. The van der Waals surface area contributed by atoms with Crippen LogP contribution in [0.5, 0.6) is 0 Å². The number of nitrogens with one attached hydrogen (secondary N) is 2. The smallest absolute Gasteiger partial charge is 0.404 e. The Balaban J connectivity index is 1.76. The molecule has 2 heterocycles. The molecule has 6 nitrogen and oxygen atoms in total.